The molecule has 1 saturated heterocycles. The van der Waals surface area contributed by atoms with Gasteiger partial charge in [0.25, 0.3) is 0 Å². The van der Waals surface area contributed by atoms with Crippen LogP contribution in [0, 0.1) is 19.7 Å². The molecule has 0 radical (unpaired) electrons. The Labute approximate surface area is 158 Å². The number of nitrogens with one attached hydrogen (secondary N) is 1. The number of amides is 1. The molecule has 1 aliphatic rings. The molecule has 1 aliphatic heterocycles. The van der Waals surface area contributed by atoms with E-state index in [0.29, 0.717) is 30.2 Å². The molecule has 3 rings (SSSR count). The molecule has 0 bridgehead atoms. The maximum absolute atomic E-state index is 14.6. The zero-order chi connectivity index (χ0) is 19.6. The number of aromatic nitrogens is 1. The molecule has 0 aliphatic carbocycles. The van der Waals surface area contributed by atoms with Gasteiger partial charge in [-0.1, -0.05) is 11.2 Å². The molecule has 1 aromatic carbocycles. The highest BCUT2D eigenvalue weighted by Gasteiger charge is 2.24. The number of hydrogen-bond donors (Lipinski definition) is 1. The van der Waals surface area contributed by atoms with Gasteiger partial charge in [-0.2, -0.15) is 0 Å². The average Bonchev–Trinajstić information content (AvgIpc) is 2.91. The van der Waals surface area contributed by atoms with Crippen LogP contribution in [0.4, 0.5) is 10.1 Å². The van der Waals surface area contributed by atoms with Crippen LogP contribution in [-0.2, 0) is 22.5 Å². The summed E-state index contributed by atoms with van der Waals surface area (Å²) in [5, 5.41) is 6.67. The molecule has 1 amide bonds. The lowest BCUT2D eigenvalue weighted by Gasteiger charge is -2.37. The highest BCUT2D eigenvalue weighted by Crippen LogP contribution is 2.24. The van der Waals surface area contributed by atoms with Crippen molar-refractivity contribution in [2.75, 3.05) is 18.0 Å². The SMILES string of the molecule is Cc1noc(C)c1CC(=O)NCc1ccc(N2C[C@H](C)O[C@@H](C)C2)c(F)c1. The quantitative estimate of drug-likeness (QED) is 0.870. The van der Waals surface area contributed by atoms with Gasteiger partial charge >= 0.3 is 0 Å². The van der Waals surface area contributed by atoms with E-state index in [9.17, 15) is 9.18 Å². The van der Waals surface area contributed by atoms with Crippen molar-refractivity contribution in [2.45, 2.75) is 52.9 Å². The summed E-state index contributed by atoms with van der Waals surface area (Å²) in [4.78, 5) is 14.2. The minimum absolute atomic E-state index is 0.0661. The van der Waals surface area contributed by atoms with Crippen LogP contribution in [0.3, 0.4) is 0 Å². The third-order valence-corrected chi connectivity index (χ3v) is 4.78. The number of nitrogens with zero attached hydrogens (tertiary/aromatic N) is 2. The second-order valence-corrected chi connectivity index (χ2v) is 7.20. The lowest BCUT2D eigenvalue weighted by molar-refractivity contribution is -0.120. The number of anilines is 1. The fourth-order valence-corrected chi connectivity index (χ4v) is 3.47. The number of aryl methyl sites for hydroxylation is 2. The Bertz CT molecular complexity index is 791. The number of morpholine rings is 1. The van der Waals surface area contributed by atoms with Crippen LogP contribution in [0.2, 0.25) is 0 Å². The summed E-state index contributed by atoms with van der Waals surface area (Å²) < 4.78 is 25.4. The van der Waals surface area contributed by atoms with Gasteiger partial charge in [0.15, 0.2) is 0 Å². The Morgan fingerprint density at radius 3 is 2.59 bits per heavy atom. The molecule has 0 unspecified atom stereocenters. The highest BCUT2D eigenvalue weighted by atomic mass is 19.1. The van der Waals surface area contributed by atoms with Gasteiger partial charge in [-0.05, 0) is 45.4 Å². The predicted molar refractivity (Wildman–Crippen MR) is 100 cm³/mol. The van der Waals surface area contributed by atoms with Gasteiger partial charge in [-0.25, -0.2) is 4.39 Å². The van der Waals surface area contributed by atoms with E-state index in [-0.39, 0.29) is 36.9 Å². The molecule has 1 N–H and O–H groups in total. The molecule has 6 nitrogen and oxygen atoms in total. The Morgan fingerprint density at radius 1 is 1.30 bits per heavy atom. The normalized spacial score (nSPS) is 20.0. The van der Waals surface area contributed by atoms with E-state index in [1.165, 1.54) is 6.07 Å². The van der Waals surface area contributed by atoms with E-state index in [4.69, 9.17) is 9.26 Å². The molecule has 1 fully saturated rings. The molecule has 2 atom stereocenters. The van der Waals surface area contributed by atoms with Crippen LogP contribution in [0.1, 0.15) is 36.4 Å². The molecular formula is C20H26FN3O3. The van der Waals surface area contributed by atoms with Gasteiger partial charge in [0.05, 0.1) is 30.0 Å². The molecule has 7 heteroatoms. The average molecular weight is 375 g/mol. The second-order valence-electron chi connectivity index (χ2n) is 7.20. The number of hydrogen-bond acceptors (Lipinski definition) is 5. The lowest BCUT2D eigenvalue weighted by Crippen LogP contribution is -2.45. The Morgan fingerprint density at radius 2 is 2.00 bits per heavy atom. The van der Waals surface area contributed by atoms with E-state index in [0.717, 1.165) is 11.1 Å². The molecular weight excluding hydrogens is 349 g/mol. The van der Waals surface area contributed by atoms with Crippen molar-refractivity contribution in [1.82, 2.24) is 10.5 Å². The van der Waals surface area contributed by atoms with E-state index in [1.54, 1.807) is 19.9 Å². The van der Waals surface area contributed by atoms with Crippen molar-refractivity contribution < 1.29 is 18.4 Å². The van der Waals surface area contributed by atoms with Crippen molar-refractivity contribution >= 4 is 11.6 Å². The summed E-state index contributed by atoms with van der Waals surface area (Å²) in [6.07, 6.45) is 0.332. The molecule has 2 heterocycles. The standard InChI is InChI=1S/C20H26FN3O3/c1-12-10-24(11-13(2)26-12)19-6-5-16(7-18(19)21)9-22-20(25)8-17-14(3)23-27-15(17)4/h5-7,12-13H,8-11H2,1-4H3,(H,22,25)/t12-,13-/m0/s1. The van der Waals surface area contributed by atoms with Crippen LogP contribution < -0.4 is 10.2 Å². The van der Waals surface area contributed by atoms with Crippen molar-refractivity contribution in [2.24, 2.45) is 0 Å². The summed E-state index contributed by atoms with van der Waals surface area (Å²) in [7, 11) is 0. The van der Waals surface area contributed by atoms with Gasteiger partial charge in [0.2, 0.25) is 5.91 Å². The largest absolute Gasteiger partial charge is 0.372 e. The van der Waals surface area contributed by atoms with Crippen molar-refractivity contribution in [3.05, 3.63) is 46.6 Å². The monoisotopic (exact) mass is 375 g/mol. The lowest BCUT2D eigenvalue weighted by atomic mass is 10.1. The maximum Gasteiger partial charge on any atom is 0.224 e. The van der Waals surface area contributed by atoms with Crippen molar-refractivity contribution in [3.63, 3.8) is 0 Å². The number of carbonyl (C=O) groups is 1. The third kappa shape index (κ3) is 4.66. The third-order valence-electron chi connectivity index (χ3n) is 4.78. The Balaban J connectivity index is 1.60. The first-order chi connectivity index (χ1) is 12.8. The van der Waals surface area contributed by atoms with Crippen LogP contribution >= 0.6 is 0 Å². The second kappa shape index (κ2) is 8.08. The zero-order valence-corrected chi connectivity index (χ0v) is 16.2. The number of halogens is 1. The first kappa shape index (κ1) is 19.4. The van der Waals surface area contributed by atoms with E-state index >= 15 is 0 Å². The molecule has 2 aromatic rings. The van der Waals surface area contributed by atoms with Crippen LogP contribution in [-0.4, -0.2) is 36.4 Å². The summed E-state index contributed by atoms with van der Waals surface area (Å²) in [6, 6.07) is 5.10. The summed E-state index contributed by atoms with van der Waals surface area (Å²) in [6.45, 7) is 9.16. The maximum atomic E-state index is 14.6. The molecule has 146 valence electrons. The van der Waals surface area contributed by atoms with E-state index in [1.807, 2.05) is 24.8 Å². The fraction of sp³-hybridized carbons (Fsp3) is 0.500. The first-order valence-electron chi connectivity index (χ1n) is 9.20. The summed E-state index contributed by atoms with van der Waals surface area (Å²) >= 11 is 0. The number of ether oxygens (including phenoxy) is 1. The van der Waals surface area contributed by atoms with Crippen LogP contribution in [0.25, 0.3) is 0 Å². The van der Waals surface area contributed by atoms with E-state index in [2.05, 4.69) is 10.5 Å². The van der Waals surface area contributed by atoms with Crippen LogP contribution in [0.5, 0.6) is 0 Å². The van der Waals surface area contributed by atoms with Crippen molar-refractivity contribution in [1.29, 1.82) is 0 Å². The van der Waals surface area contributed by atoms with Gasteiger partial charge in [0.1, 0.15) is 11.6 Å². The predicted octanol–water partition coefficient (Wildman–Crippen LogP) is 2.90. The number of carbonyl (C=O) groups excluding carboxylic acids is 1. The molecule has 0 saturated carbocycles. The number of rotatable bonds is 5. The topological polar surface area (TPSA) is 67.6 Å². The van der Waals surface area contributed by atoms with E-state index < -0.39 is 0 Å². The fourth-order valence-electron chi connectivity index (χ4n) is 3.47. The smallest absolute Gasteiger partial charge is 0.224 e. The van der Waals surface area contributed by atoms with Gasteiger partial charge in [-0.15, -0.1) is 0 Å². The van der Waals surface area contributed by atoms with Crippen LogP contribution in [0.15, 0.2) is 22.7 Å². The molecule has 1 aromatic heterocycles. The molecule has 0 spiro atoms. The Hall–Kier alpha value is -2.41. The Kier molecular flexibility index (Phi) is 5.79. The minimum Gasteiger partial charge on any atom is -0.372 e. The van der Waals surface area contributed by atoms with Gasteiger partial charge in [-0.3, -0.25) is 4.79 Å². The number of benzene rings is 1. The summed E-state index contributed by atoms with van der Waals surface area (Å²) in [5.41, 5.74) is 2.80. The van der Waals surface area contributed by atoms with Gasteiger partial charge in [0, 0.05) is 25.2 Å². The zero-order valence-electron chi connectivity index (χ0n) is 16.2. The first-order valence-corrected chi connectivity index (χ1v) is 9.20. The summed E-state index contributed by atoms with van der Waals surface area (Å²) in [5.74, 6) is 0.213. The van der Waals surface area contributed by atoms with Gasteiger partial charge < -0.3 is 19.5 Å². The van der Waals surface area contributed by atoms with Crippen molar-refractivity contribution in [3.8, 4) is 0 Å². The highest BCUT2D eigenvalue weighted by molar-refractivity contribution is 5.79. The minimum atomic E-state index is -0.284. The molecule has 27 heavy (non-hydrogen) atoms.